The first-order valence-corrected chi connectivity index (χ1v) is 8.19. The van der Waals surface area contributed by atoms with Crippen LogP contribution in [0.15, 0.2) is 23.4 Å². The van der Waals surface area contributed by atoms with Gasteiger partial charge in [0.2, 0.25) is 10.0 Å². The first-order valence-electron chi connectivity index (χ1n) is 6.75. The highest BCUT2D eigenvalue weighted by molar-refractivity contribution is 7.89. The van der Waals surface area contributed by atoms with Crippen molar-refractivity contribution in [3.63, 3.8) is 0 Å². The maximum absolute atomic E-state index is 12.7. The summed E-state index contributed by atoms with van der Waals surface area (Å²) in [6, 6.07) is 1.70. The molecule has 19 heavy (non-hydrogen) atoms. The maximum atomic E-state index is 12.7. The topological polar surface area (TPSA) is 62.3 Å². The summed E-state index contributed by atoms with van der Waals surface area (Å²) in [6.07, 6.45) is 4.62. The summed E-state index contributed by atoms with van der Waals surface area (Å²) in [4.78, 5) is 4.21. The zero-order valence-electron chi connectivity index (χ0n) is 11.9. The Morgan fingerprint density at radius 1 is 1.21 bits per heavy atom. The Morgan fingerprint density at radius 3 is 2.37 bits per heavy atom. The molecule has 5 nitrogen and oxygen atoms in total. The minimum Gasteiger partial charge on any atom is -0.384 e. The highest BCUT2D eigenvalue weighted by atomic mass is 32.2. The molecule has 0 saturated heterocycles. The average Bonchev–Trinajstić information content (AvgIpc) is 2.39. The van der Waals surface area contributed by atoms with Crippen LogP contribution in [0.25, 0.3) is 0 Å². The summed E-state index contributed by atoms with van der Waals surface area (Å²) in [5.74, 6) is 0. The van der Waals surface area contributed by atoms with Gasteiger partial charge in [0.1, 0.15) is 4.90 Å². The molecule has 0 unspecified atom stereocenters. The monoisotopic (exact) mass is 285 g/mol. The predicted molar refractivity (Wildman–Crippen MR) is 77.7 cm³/mol. The van der Waals surface area contributed by atoms with Gasteiger partial charge in [0.05, 0.1) is 5.69 Å². The maximum Gasteiger partial charge on any atom is 0.246 e. The molecule has 1 aromatic heterocycles. The van der Waals surface area contributed by atoms with Gasteiger partial charge in [-0.15, -0.1) is 0 Å². The second-order valence-electron chi connectivity index (χ2n) is 4.31. The molecule has 0 spiro atoms. The fraction of sp³-hybridized carbons (Fsp3) is 0.615. The van der Waals surface area contributed by atoms with Gasteiger partial charge in [0, 0.05) is 32.0 Å². The summed E-state index contributed by atoms with van der Waals surface area (Å²) >= 11 is 0. The lowest BCUT2D eigenvalue weighted by Crippen LogP contribution is -2.33. The van der Waals surface area contributed by atoms with Gasteiger partial charge in [0.15, 0.2) is 0 Å². The first-order chi connectivity index (χ1) is 9.07. The van der Waals surface area contributed by atoms with Gasteiger partial charge in [0.25, 0.3) is 0 Å². The third-order valence-corrected chi connectivity index (χ3v) is 4.64. The van der Waals surface area contributed by atoms with Gasteiger partial charge in [-0.1, -0.05) is 13.8 Å². The Hall–Kier alpha value is -1.14. The Morgan fingerprint density at radius 2 is 1.84 bits per heavy atom. The average molecular weight is 285 g/mol. The van der Waals surface area contributed by atoms with E-state index >= 15 is 0 Å². The number of hydrogen-bond donors (Lipinski definition) is 1. The Balaban J connectivity index is 3.16. The molecule has 0 atom stereocenters. The number of sulfonamides is 1. The number of rotatable bonds is 8. The van der Waals surface area contributed by atoms with Crippen LogP contribution in [0.2, 0.25) is 0 Å². The lowest BCUT2D eigenvalue weighted by molar-refractivity contribution is 0.410. The molecule has 0 aliphatic carbocycles. The van der Waals surface area contributed by atoms with E-state index in [-0.39, 0.29) is 4.90 Å². The molecule has 0 amide bonds. The smallest absolute Gasteiger partial charge is 0.246 e. The van der Waals surface area contributed by atoms with Crippen LogP contribution in [-0.4, -0.2) is 37.3 Å². The van der Waals surface area contributed by atoms with Gasteiger partial charge in [-0.2, -0.15) is 4.31 Å². The van der Waals surface area contributed by atoms with Crippen molar-refractivity contribution < 1.29 is 8.42 Å². The van der Waals surface area contributed by atoms with Crippen LogP contribution >= 0.6 is 0 Å². The Bertz CT molecular complexity index is 482. The molecule has 108 valence electrons. The van der Waals surface area contributed by atoms with Crippen molar-refractivity contribution in [2.75, 3.05) is 25.0 Å². The molecule has 0 aromatic carbocycles. The normalized spacial score (nSPS) is 11.8. The molecule has 6 heteroatoms. The highest BCUT2D eigenvalue weighted by Crippen LogP contribution is 2.23. The molecule has 0 fully saturated rings. The summed E-state index contributed by atoms with van der Waals surface area (Å²) in [7, 11) is -3.47. The van der Waals surface area contributed by atoms with Crippen molar-refractivity contribution in [2.24, 2.45) is 0 Å². The van der Waals surface area contributed by atoms with E-state index in [1.165, 1.54) is 10.5 Å². The van der Waals surface area contributed by atoms with Crippen molar-refractivity contribution >= 4 is 15.7 Å². The zero-order valence-corrected chi connectivity index (χ0v) is 12.7. The minimum absolute atomic E-state index is 0.263. The van der Waals surface area contributed by atoms with Crippen LogP contribution in [0.1, 0.15) is 33.6 Å². The number of hydrogen-bond acceptors (Lipinski definition) is 4. The van der Waals surface area contributed by atoms with Gasteiger partial charge < -0.3 is 5.32 Å². The number of nitrogens with one attached hydrogen (secondary N) is 1. The summed E-state index contributed by atoms with van der Waals surface area (Å²) in [5.41, 5.74) is 0.620. The summed E-state index contributed by atoms with van der Waals surface area (Å²) in [5, 5.41) is 3.08. The fourth-order valence-electron chi connectivity index (χ4n) is 1.91. The molecule has 1 aromatic rings. The minimum atomic E-state index is -3.47. The molecular weight excluding hydrogens is 262 g/mol. The van der Waals surface area contributed by atoms with E-state index in [0.29, 0.717) is 25.3 Å². The van der Waals surface area contributed by atoms with E-state index in [9.17, 15) is 8.42 Å². The van der Waals surface area contributed by atoms with E-state index in [2.05, 4.69) is 10.3 Å². The number of anilines is 1. The second-order valence-corrected chi connectivity index (χ2v) is 6.21. The van der Waals surface area contributed by atoms with Crippen molar-refractivity contribution in [1.29, 1.82) is 0 Å². The molecule has 0 radical (unpaired) electrons. The van der Waals surface area contributed by atoms with E-state index in [4.69, 9.17) is 0 Å². The van der Waals surface area contributed by atoms with Crippen molar-refractivity contribution in [3.05, 3.63) is 18.5 Å². The largest absolute Gasteiger partial charge is 0.384 e. The second kappa shape index (κ2) is 7.45. The van der Waals surface area contributed by atoms with E-state index in [1.807, 2.05) is 20.8 Å². The molecule has 0 bridgehead atoms. The number of aromatic nitrogens is 1. The molecular formula is C13H23N3O2S. The van der Waals surface area contributed by atoms with E-state index in [1.54, 1.807) is 12.3 Å². The molecule has 1 rings (SSSR count). The first kappa shape index (κ1) is 15.9. The van der Waals surface area contributed by atoms with Crippen LogP contribution in [0.4, 0.5) is 5.69 Å². The molecule has 0 saturated carbocycles. The Kier molecular flexibility index (Phi) is 6.24. The lowest BCUT2D eigenvalue weighted by Gasteiger charge is -2.22. The van der Waals surface area contributed by atoms with E-state index < -0.39 is 10.0 Å². The molecule has 0 aliphatic rings. The summed E-state index contributed by atoms with van der Waals surface area (Å²) in [6.45, 7) is 7.65. The molecule has 1 N–H and O–H groups in total. The van der Waals surface area contributed by atoms with Crippen LogP contribution in [0.5, 0.6) is 0 Å². The SMILES string of the molecule is CCCN(CCC)S(=O)(=O)c1cnccc1NCC. The van der Waals surface area contributed by atoms with Gasteiger partial charge >= 0.3 is 0 Å². The van der Waals surface area contributed by atoms with Gasteiger partial charge in [-0.3, -0.25) is 4.98 Å². The van der Waals surface area contributed by atoms with Crippen LogP contribution in [0.3, 0.4) is 0 Å². The quantitative estimate of drug-likeness (QED) is 0.796. The van der Waals surface area contributed by atoms with Crippen molar-refractivity contribution in [1.82, 2.24) is 9.29 Å². The third kappa shape index (κ3) is 3.91. The van der Waals surface area contributed by atoms with Crippen LogP contribution < -0.4 is 5.32 Å². The Labute approximate surface area is 116 Å². The predicted octanol–water partition coefficient (Wildman–Crippen LogP) is 2.32. The number of pyridine rings is 1. The third-order valence-electron chi connectivity index (χ3n) is 2.72. The van der Waals surface area contributed by atoms with Gasteiger partial charge in [-0.05, 0) is 25.8 Å². The molecule has 1 heterocycles. The van der Waals surface area contributed by atoms with Crippen molar-refractivity contribution in [3.8, 4) is 0 Å². The standard InChI is InChI=1S/C13H23N3O2S/c1-4-9-16(10-5-2)19(17,18)13-11-14-8-7-12(13)15-6-3/h7-8,11H,4-6,9-10H2,1-3H3,(H,14,15). The van der Waals surface area contributed by atoms with Crippen molar-refractivity contribution in [2.45, 2.75) is 38.5 Å². The van der Waals surface area contributed by atoms with E-state index in [0.717, 1.165) is 12.8 Å². The molecule has 0 aliphatic heterocycles. The highest BCUT2D eigenvalue weighted by Gasteiger charge is 2.25. The fourth-order valence-corrected chi connectivity index (χ4v) is 3.65. The van der Waals surface area contributed by atoms with Crippen LogP contribution in [-0.2, 0) is 10.0 Å². The van der Waals surface area contributed by atoms with Crippen LogP contribution in [0, 0.1) is 0 Å². The number of nitrogens with zero attached hydrogens (tertiary/aromatic N) is 2. The van der Waals surface area contributed by atoms with Gasteiger partial charge in [-0.25, -0.2) is 8.42 Å². The zero-order chi connectivity index (χ0) is 14.3. The lowest BCUT2D eigenvalue weighted by atomic mass is 10.4. The summed E-state index contributed by atoms with van der Waals surface area (Å²) < 4.78 is 26.8.